The molecule has 0 aliphatic carbocycles. The van der Waals surface area contributed by atoms with E-state index in [9.17, 15) is 4.79 Å². The van der Waals surface area contributed by atoms with Crippen molar-refractivity contribution in [2.45, 2.75) is 26.9 Å². The minimum atomic E-state index is -0.0903. The van der Waals surface area contributed by atoms with Crippen LogP contribution in [0.4, 0.5) is 0 Å². The zero-order valence-electron chi connectivity index (χ0n) is 31.6. The van der Waals surface area contributed by atoms with Gasteiger partial charge in [-0.2, -0.15) is 0 Å². The van der Waals surface area contributed by atoms with E-state index in [0.717, 1.165) is 16.9 Å². The zero-order valence-corrected chi connectivity index (χ0v) is 31.6. The van der Waals surface area contributed by atoms with Crippen LogP contribution in [0.2, 0.25) is 0 Å². The van der Waals surface area contributed by atoms with Crippen molar-refractivity contribution in [3.05, 3.63) is 41.7 Å². The fraction of sp³-hybridized carbons (Fsp3) is 0.703. The minimum Gasteiger partial charge on any atom is -0.379 e. The maximum Gasteiger partial charge on any atom is 0.222 e. The molecule has 0 fully saturated rings. The average Bonchev–Trinajstić information content (AvgIpc) is 3.64. The van der Waals surface area contributed by atoms with Gasteiger partial charge in [0.25, 0.3) is 0 Å². The SMILES string of the molecule is CC(C)C#Cc1ccc(-n2cc(COCCOCCOCCOCCOCCC(=O)NCCOCCOCCOCCOCCOCCN)nn2)cc1. The highest BCUT2D eigenvalue weighted by Gasteiger charge is 2.04. The fourth-order valence-corrected chi connectivity index (χ4v) is 4.05. The van der Waals surface area contributed by atoms with Crippen LogP contribution in [0.1, 0.15) is 31.5 Å². The Morgan fingerprint density at radius 1 is 0.660 bits per heavy atom. The van der Waals surface area contributed by atoms with Gasteiger partial charge in [0, 0.05) is 31.0 Å². The Balaban J connectivity index is 1.25. The van der Waals surface area contributed by atoms with Crippen molar-refractivity contribution in [2.75, 3.05) is 139 Å². The lowest BCUT2D eigenvalue weighted by Crippen LogP contribution is -2.28. The van der Waals surface area contributed by atoms with Gasteiger partial charge in [-0.15, -0.1) is 5.10 Å². The van der Waals surface area contributed by atoms with Crippen molar-refractivity contribution in [1.82, 2.24) is 20.3 Å². The Kier molecular flexibility index (Phi) is 29.2. The standard InChI is InChI=1S/C37H61N5O11/c1-33(2)3-4-34-5-7-36(8-6-34)42-31-35(40-41-42)32-53-30-29-52-28-27-51-24-21-47-18-15-44-12-9-37(43)39-11-14-46-17-20-49-23-26-50-25-22-48-19-16-45-13-10-38/h5-8,31,33H,9-30,32,38H2,1-2H3,(H,39,43). The zero-order chi connectivity index (χ0) is 37.9. The van der Waals surface area contributed by atoms with E-state index in [1.165, 1.54) is 0 Å². The molecule has 2 rings (SSSR count). The highest BCUT2D eigenvalue weighted by Crippen LogP contribution is 2.09. The largest absolute Gasteiger partial charge is 0.379 e. The quantitative estimate of drug-likeness (QED) is 0.0763. The van der Waals surface area contributed by atoms with Crippen LogP contribution in [0.15, 0.2) is 30.5 Å². The van der Waals surface area contributed by atoms with Gasteiger partial charge in [-0.1, -0.05) is 30.9 Å². The summed E-state index contributed by atoms with van der Waals surface area (Å²) in [6, 6.07) is 7.89. The monoisotopic (exact) mass is 751 g/mol. The van der Waals surface area contributed by atoms with Gasteiger partial charge in [-0.3, -0.25) is 4.79 Å². The maximum absolute atomic E-state index is 11.9. The molecule has 0 aliphatic rings. The lowest BCUT2D eigenvalue weighted by atomic mass is 10.1. The number of rotatable bonds is 35. The van der Waals surface area contributed by atoms with Crippen LogP contribution in [0, 0.1) is 17.8 Å². The molecule has 0 unspecified atom stereocenters. The summed E-state index contributed by atoms with van der Waals surface area (Å²) in [5, 5.41) is 11.1. The lowest BCUT2D eigenvalue weighted by Gasteiger charge is -2.09. The molecule has 2 aromatic rings. The summed E-state index contributed by atoms with van der Waals surface area (Å²) < 4.78 is 56.2. The van der Waals surface area contributed by atoms with Gasteiger partial charge < -0.3 is 58.4 Å². The molecule has 53 heavy (non-hydrogen) atoms. The van der Waals surface area contributed by atoms with Crippen LogP contribution < -0.4 is 11.1 Å². The third-order valence-electron chi connectivity index (χ3n) is 6.71. The molecule has 300 valence electrons. The summed E-state index contributed by atoms with van der Waals surface area (Å²) in [7, 11) is 0. The van der Waals surface area contributed by atoms with E-state index < -0.39 is 0 Å². The number of aromatic nitrogens is 3. The lowest BCUT2D eigenvalue weighted by molar-refractivity contribution is -0.122. The first-order valence-electron chi connectivity index (χ1n) is 18.4. The molecule has 1 amide bonds. The van der Waals surface area contributed by atoms with Crippen molar-refractivity contribution >= 4 is 5.91 Å². The number of benzene rings is 1. The second-order valence-corrected chi connectivity index (χ2v) is 11.6. The predicted octanol–water partition coefficient (Wildman–Crippen LogP) is 1.41. The van der Waals surface area contributed by atoms with E-state index >= 15 is 0 Å². The summed E-state index contributed by atoms with van der Waals surface area (Å²) in [6.45, 7) is 14.2. The number of hydrogen-bond donors (Lipinski definition) is 2. The third kappa shape index (κ3) is 27.2. The van der Waals surface area contributed by atoms with Crippen LogP contribution in [0.25, 0.3) is 5.69 Å². The van der Waals surface area contributed by atoms with Crippen molar-refractivity contribution in [2.24, 2.45) is 11.7 Å². The van der Waals surface area contributed by atoms with Crippen LogP contribution in [-0.2, 0) is 58.8 Å². The first-order chi connectivity index (χ1) is 26.1. The smallest absolute Gasteiger partial charge is 0.222 e. The van der Waals surface area contributed by atoms with Crippen molar-refractivity contribution in [3.63, 3.8) is 0 Å². The second kappa shape index (κ2) is 33.5. The normalized spacial score (nSPS) is 11.2. The van der Waals surface area contributed by atoms with E-state index in [4.69, 9.17) is 53.1 Å². The molecule has 0 bridgehead atoms. The highest BCUT2D eigenvalue weighted by molar-refractivity contribution is 5.75. The molecule has 0 saturated carbocycles. The summed E-state index contributed by atoms with van der Waals surface area (Å²) in [5.41, 5.74) is 7.95. The Morgan fingerprint density at radius 3 is 1.60 bits per heavy atom. The molecule has 1 aromatic heterocycles. The highest BCUT2D eigenvalue weighted by atomic mass is 16.6. The van der Waals surface area contributed by atoms with Gasteiger partial charge in [0.05, 0.1) is 144 Å². The molecular formula is C37H61N5O11. The van der Waals surface area contributed by atoms with E-state index in [-0.39, 0.29) is 12.3 Å². The maximum atomic E-state index is 11.9. The molecule has 16 heteroatoms. The molecule has 3 N–H and O–H groups in total. The number of carbonyl (C=O) groups is 1. The number of nitrogens with one attached hydrogen (secondary N) is 1. The predicted molar refractivity (Wildman–Crippen MR) is 197 cm³/mol. The van der Waals surface area contributed by atoms with Crippen LogP contribution in [0.3, 0.4) is 0 Å². The Morgan fingerprint density at radius 2 is 1.11 bits per heavy atom. The number of ether oxygens (including phenoxy) is 10. The van der Waals surface area contributed by atoms with E-state index in [0.29, 0.717) is 151 Å². The summed E-state index contributed by atoms with van der Waals surface area (Å²) in [4.78, 5) is 11.9. The second-order valence-electron chi connectivity index (χ2n) is 11.6. The fourth-order valence-electron chi connectivity index (χ4n) is 4.05. The van der Waals surface area contributed by atoms with Crippen LogP contribution >= 0.6 is 0 Å². The summed E-state index contributed by atoms with van der Waals surface area (Å²) in [6.07, 6.45) is 2.12. The molecule has 0 aliphatic heterocycles. The van der Waals surface area contributed by atoms with E-state index in [1.54, 1.807) is 4.68 Å². The molecule has 0 spiro atoms. The van der Waals surface area contributed by atoms with Gasteiger partial charge >= 0.3 is 0 Å². The topological polar surface area (TPSA) is 178 Å². The van der Waals surface area contributed by atoms with Crippen molar-refractivity contribution < 1.29 is 52.2 Å². The Labute approximate surface area is 314 Å². The minimum absolute atomic E-state index is 0.0903. The molecule has 1 heterocycles. The van der Waals surface area contributed by atoms with Crippen LogP contribution in [-0.4, -0.2) is 160 Å². The third-order valence-corrected chi connectivity index (χ3v) is 6.71. The van der Waals surface area contributed by atoms with Crippen molar-refractivity contribution in [1.29, 1.82) is 0 Å². The average molecular weight is 752 g/mol. The summed E-state index contributed by atoms with van der Waals surface area (Å²) >= 11 is 0. The molecule has 16 nitrogen and oxygen atoms in total. The van der Waals surface area contributed by atoms with Gasteiger partial charge in [0.15, 0.2) is 0 Å². The molecular weight excluding hydrogens is 690 g/mol. The molecule has 0 saturated heterocycles. The molecule has 1 aromatic carbocycles. The first kappa shape index (κ1) is 46.1. The number of amides is 1. The van der Waals surface area contributed by atoms with Gasteiger partial charge in [-0.05, 0) is 24.3 Å². The van der Waals surface area contributed by atoms with Crippen LogP contribution in [0.5, 0.6) is 0 Å². The van der Waals surface area contributed by atoms with Crippen molar-refractivity contribution in [3.8, 4) is 17.5 Å². The van der Waals surface area contributed by atoms with E-state index in [1.807, 2.05) is 30.5 Å². The molecule has 0 radical (unpaired) electrons. The van der Waals surface area contributed by atoms with Gasteiger partial charge in [0.1, 0.15) is 5.69 Å². The van der Waals surface area contributed by atoms with Gasteiger partial charge in [0.2, 0.25) is 5.91 Å². The van der Waals surface area contributed by atoms with Gasteiger partial charge in [-0.25, -0.2) is 4.68 Å². The Hall–Kier alpha value is -3.05. The number of carbonyl (C=O) groups excluding carboxylic acids is 1. The van der Waals surface area contributed by atoms with E-state index in [2.05, 4.69) is 41.3 Å². The summed E-state index contributed by atoms with van der Waals surface area (Å²) in [5.74, 6) is 6.56. The number of nitrogens with zero attached hydrogens (tertiary/aromatic N) is 3. The number of nitrogens with two attached hydrogens (primary N) is 1. The number of hydrogen-bond acceptors (Lipinski definition) is 14. The first-order valence-corrected chi connectivity index (χ1v) is 18.4. The Bertz CT molecular complexity index is 1210. The molecule has 0 atom stereocenters.